The molecule has 2 unspecified atom stereocenters. The zero-order valence-electron chi connectivity index (χ0n) is 12.9. The van der Waals surface area contributed by atoms with Crippen molar-refractivity contribution in [2.45, 2.75) is 52.5 Å². The molecule has 0 bridgehead atoms. The number of ether oxygens (including phenoxy) is 4. The molecular weight excluding hydrogens is 456 g/mol. The molecule has 0 aliphatic carbocycles. The highest BCUT2D eigenvalue weighted by Gasteiger charge is 2.41. The third-order valence-electron chi connectivity index (χ3n) is 2.66. The van der Waals surface area contributed by atoms with Crippen LogP contribution in [0.4, 0.5) is 0 Å². The van der Waals surface area contributed by atoms with Crippen molar-refractivity contribution in [2.24, 2.45) is 0 Å². The highest BCUT2D eigenvalue weighted by Crippen LogP contribution is 2.46. The van der Waals surface area contributed by atoms with E-state index in [0.29, 0.717) is 9.81 Å². The van der Waals surface area contributed by atoms with Gasteiger partial charge in [-0.3, -0.25) is 0 Å². The molecule has 23 heavy (non-hydrogen) atoms. The Morgan fingerprint density at radius 1 is 0.870 bits per heavy atom. The lowest BCUT2D eigenvalue weighted by atomic mass is 10.4. The van der Waals surface area contributed by atoms with Crippen molar-refractivity contribution in [3.8, 4) is 0 Å². The minimum atomic E-state index is -0.829. The fourth-order valence-corrected chi connectivity index (χ4v) is 3.82. The lowest BCUT2D eigenvalue weighted by Crippen LogP contribution is -2.22. The molecule has 128 valence electrons. The molecule has 0 fully saturated rings. The van der Waals surface area contributed by atoms with Crippen molar-refractivity contribution in [2.75, 3.05) is 0 Å². The van der Waals surface area contributed by atoms with Gasteiger partial charge < -0.3 is 18.9 Å². The molecule has 0 spiro atoms. The number of halogens is 2. The summed E-state index contributed by atoms with van der Waals surface area (Å²) in [6.45, 7) is 7.35. The van der Waals surface area contributed by atoms with E-state index < -0.39 is 24.5 Å². The summed E-state index contributed by atoms with van der Waals surface area (Å²) in [5, 5.41) is 0. The molecule has 2 aliphatic heterocycles. The lowest BCUT2D eigenvalue weighted by molar-refractivity contribution is -0.164. The van der Waals surface area contributed by atoms with Gasteiger partial charge in [-0.05, 0) is 59.6 Å². The second-order valence-electron chi connectivity index (χ2n) is 5.30. The predicted octanol–water partition coefficient (Wildman–Crippen LogP) is 3.55. The van der Waals surface area contributed by atoms with Crippen LogP contribution in [0.2, 0.25) is 0 Å². The Bertz CT molecular complexity index is 534. The summed E-state index contributed by atoms with van der Waals surface area (Å²) < 4.78 is 22.1. The minimum Gasteiger partial charge on any atom is -0.427 e. The van der Waals surface area contributed by atoms with E-state index >= 15 is 0 Å². The monoisotopic (exact) mass is 470 g/mol. The molecule has 0 aromatic heterocycles. The van der Waals surface area contributed by atoms with Crippen molar-refractivity contribution >= 4 is 55.6 Å². The maximum atomic E-state index is 11.8. The first-order valence-electron chi connectivity index (χ1n) is 6.90. The molecule has 0 radical (unpaired) electrons. The van der Waals surface area contributed by atoms with E-state index in [2.05, 4.69) is 31.9 Å². The van der Waals surface area contributed by atoms with Gasteiger partial charge in [-0.2, -0.15) is 0 Å². The molecule has 0 N–H and O–H groups in total. The smallest absolute Gasteiger partial charge is 0.348 e. The summed E-state index contributed by atoms with van der Waals surface area (Å²) in [5.41, 5.74) is 0. The second kappa shape index (κ2) is 7.69. The van der Waals surface area contributed by atoms with Gasteiger partial charge in [0.25, 0.3) is 0 Å². The Balaban J connectivity index is 2.26. The molecule has 2 heterocycles. The lowest BCUT2D eigenvalue weighted by Gasteiger charge is -2.20. The molecule has 0 amide bonds. The van der Waals surface area contributed by atoms with E-state index in [4.69, 9.17) is 18.9 Å². The molecule has 2 atom stereocenters. The first-order chi connectivity index (χ1) is 10.7. The maximum absolute atomic E-state index is 11.8. The summed E-state index contributed by atoms with van der Waals surface area (Å²) in [6.07, 6.45) is -1.93. The van der Waals surface area contributed by atoms with Crippen molar-refractivity contribution in [3.05, 3.63) is 18.8 Å². The Hall–Kier alpha value is -0.350. The minimum absolute atomic E-state index is 0.136. The summed E-state index contributed by atoms with van der Waals surface area (Å²) in [5.74, 6) is -1.03. The Morgan fingerprint density at radius 3 is 1.52 bits per heavy atom. The molecular formula is C14H16Br2O6S. The SMILES string of the molecule is CC(C)OC1OC(=O)C(Br)=C1SC1=C(Br)C(=O)OC1OC(C)C. The van der Waals surface area contributed by atoms with Crippen molar-refractivity contribution < 1.29 is 28.5 Å². The van der Waals surface area contributed by atoms with E-state index in [0.717, 1.165) is 11.8 Å². The number of cyclic esters (lactones) is 2. The van der Waals surface area contributed by atoms with Gasteiger partial charge in [0.1, 0.15) is 8.96 Å². The van der Waals surface area contributed by atoms with Crippen LogP contribution < -0.4 is 0 Å². The topological polar surface area (TPSA) is 71.1 Å². The number of rotatable bonds is 6. The van der Waals surface area contributed by atoms with Gasteiger partial charge in [-0.1, -0.05) is 11.8 Å². The number of carbonyl (C=O) groups is 2. The standard InChI is InChI=1S/C14H16Br2O6S/c1-5(2)19-13-9(7(15)11(17)21-13)23-10-8(16)12(18)22-14(10)20-6(3)4/h5-6,13-14H,1-4H3. The molecule has 0 aromatic carbocycles. The Labute approximate surface area is 155 Å². The average Bonchev–Trinajstić information content (AvgIpc) is 2.82. The second-order valence-corrected chi connectivity index (χ2v) is 7.97. The first kappa shape index (κ1) is 19.0. The van der Waals surface area contributed by atoms with Crippen LogP contribution in [0.25, 0.3) is 0 Å². The molecule has 2 rings (SSSR count). The number of hydrogen-bond donors (Lipinski definition) is 0. The fourth-order valence-electron chi connectivity index (χ4n) is 1.79. The van der Waals surface area contributed by atoms with E-state index in [9.17, 15) is 9.59 Å². The zero-order chi connectivity index (χ0) is 17.3. The van der Waals surface area contributed by atoms with E-state index in [1.165, 1.54) is 0 Å². The van der Waals surface area contributed by atoms with E-state index in [1.807, 2.05) is 27.7 Å². The average molecular weight is 472 g/mol. The van der Waals surface area contributed by atoms with Gasteiger partial charge in [0, 0.05) is 0 Å². The van der Waals surface area contributed by atoms with E-state index in [1.54, 1.807) is 0 Å². The number of esters is 2. The van der Waals surface area contributed by atoms with Crippen LogP contribution in [0.1, 0.15) is 27.7 Å². The van der Waals surface area contributed by atoms with Gasteiger partial charge in [0.2, 0.25) is 12.6 Å². The van der Waals surface area contributed by atoms with Gasteiger partial charge >= 0.3 is 11.9 Å². The van der Waals surface area contributed by atoms with Gasteiger partial charge in [0.15, 0.2) is 0 Å². The zero-order valence-corrected chi connectivity index (χ0v) is 16.9. The van der Waals surface area contributed by atoms with Crippen LogP contribution in [0.15, 0.2) is 18.8 Å². The number of hydrogen-bond acceptors (Lipinski definition) is 7. The summed E-state index contributed by atoms with van der Waals surface area (Å²) >= 11 is 7.59. The van der Waals surface area contributed by atoms with Gasteiger partial charge in [-0.15, -0.1) is 0 Å². The number of thioether (sulfide) groups is 1. The summed E-state index contributed by atoms with van der Waals surface area (Å²) in [6, 6.07) is 0. The molecule has 0 saturated heterocycles. The summed E-state index contributed by atoms with van der Waals surface area (Å²) in [4.78, 5) is 24.6. The van der Waals surface area contributed by atoms with Crippen molar-refractivity contribution in [1.29, 1.82) is 0 Å². The largest absolute Gasteiger partial charge is 0.427 e. The summed E-state index contributed by atoms with van der Waals surface area (Å²) in [7, 11) is 0. The first-order valence-corrected chi connectivity index (χ1v) is 9.31. The predicted molar refractivity (Wildman–Crippen MR) is 91.7 cm³/mol. The van der Waals surface area contributed by atoms with E-state index in [-0.39, 0.29) is 21.2 Å². The molecule has 0 aromatic rings. The highest BCUT2D eigenvalue weighted by atomic mass is 79.9. The fraction of sp³-hybridized carbons (Fsp3) is 0.571. The molecule has 0 saturated carbocycles. The number of carbonyl (C=O) groups excluding carboxylic acids is 2. The van der Waals surface area contributed by atoms with Gasteiger partial charge in [-0.25, -0.2) is 9.59 Å². The van der Waals surface area contributed by atoms with Crippen LogP contribution in [0.3, 0.4) is 0 Å². The maximum Gasteiger partial charge on any atom is 0.348 e. The third-order valence-corrected chi connectivity index (χ3v) is 5.92. The quantitative estimate of drug-likeness (QED) is 0.548. The van der Waals surface area contributed by atoms with Crippen LogP contribution in [-0.2, 0) is 28.5 Å². The Kier molecular flexibility index (Phi) is 6.35. The normalized spacial score (nSPS) is 25.0. The Morgan fingerprint density at radius 2 is 1.22 bits per heavy atom. The van der Waals surface area contributed by atoms with Crippen LogP contribution in [0, 0.1) is 0 Å². The van der Waals surface area contributed by atoms with Crippen molar-refractivity contribution in [3.63, 3.8) is 0 Å². The molecule has 9 heteroatoms. The van der Waals surface area contributed by atoms with Crippen LogP contribution in [-0.4, -0.2) is 36.7 Å². The van der Waals surface area contributed by atoms with Crippen LogP contribution in [0.5, 0.6) is 0 Å². The van der Waals surface area contributed by atoms with Crippen LogP contribution >= 0.6 is 43.6 Å². The third kappa shape index (κ3) is 4.39. The van der Waals surface area contributed by atoms with Crippen molar-refractivity contribution in [1.82, 2.24) is 0 Å². The highest BCUT2D eigenvalue weighted by molar-refractivity contribution is 9.12. The molecule has 6 nitrogen and oxygen atoms in total. The molecule has 2 aliphatic rings. The van der Waals surface area contributed by atoms with Gasteiger partial charge in [0.05, 0.1) is 22.0 Å².